The van der Waals surface area contributed by atoms with Crippen molar-refractivity contribution >= 4 is 0 Å². The number of hydrogen-bond acceptors (Lipinski definition) is 1. The van der Waals surface area contributed by atoms with E-state index >= 15 is 0 Å². The van der Waals surface area contributed by atoms with Gasteiger partial charge in [0.05, 0.1) is 6.10 Å². The van der Waals surface area contributed by atoms with Gasteiger partial charge in [0.1, 0.15) is 0 Å². The minimum absolute atomic E-state index is 0.474. The van der Waals surface area contributed by atoms with Gasteiger partial charge in [0.2, 0.25) is 0 Å². The standard InChI is InChI=1S/C12H14O/c1-3-6-12(13)9-11-8-5-4-7-10(11)2/h4-8,12-13H,1,9H2,2H3. The molecule has 0 aliphatic carbocycles. The van der Waals surface area contributed by atoms with Crippen LogP contribution in [0.15, 0.2) is 42.7 Å². The Kier molecular flexibility index (Phi) is 3.51. The molecule has 0 spiro atoms. The third-order valence-corrected chi connectivity index (χ3v) is 2.00. The third kappa shape index (κ3) is 2.90. The van der Waals surface area contributed by atoms with E-state index in [1.807, 2.05) is 31.2 Å². The Morgan fingerprint density at radius 2 is 2.23 bits per heavy atom. The molecule has 0 fully saturated rings. The van der Waals surface area contributed by atoms with E-state index in [2.05, 4.69) is 12.3 Å². The van der Waals surface area contributed by atoms with Gasteiger partial charge in [-0.2, -0.15) is 0 Å². The minimum atomic E-state index is -0.474. The Morgan fingerprint density at radius 3 is 2.85 bits per heavy atom. The molecule has 0 aliphatic rings. The molecule has 0 bridgehead atoms. The van der Waals surface area contributed by atoms with Crippen molar-refractivity contribution in [1.29, 1.82) is 0 Å². The van der Waals surface area contributed by atoms with Gasteiger partial charge >= 0.3 is 0 Å². The molecule has 0 saturated carbocycles. The zero-order valence-corrected chi connectivity index (χ0v) is 7.83. The summed E-state index contributed by atoms with van der Waals surface area (Å²) in [7, 11) is 0. The van der Waals surface area contributed by atoms with Crippen LogP contribution >= 0.6 is 0 Å². The van der Waals surface area contributed by atoms with Crippen molar-refractivity contribution in [3.05, 3.63) is 53.8 Å². The molecule has 13 heavy (non-hydrogen) atoms. The van der Waals surface area contributed by atoms with E-state index in [9.17, 15) is 5.11 Å². The Hall–Kier alpha value is -1.30. The molecular weight excluding hydrogens is 160 g/mol. The first-order valence-corrected chi connectivity index (χ1v) is 4.32. The lowest BCUT2D eigenvalue weighted by Crippen LogP contribution is -2.06. The van der Waals surface area contributed by atoms with Gasteiger partial charge in [-0.05, 0) is 24.1 Å². The summed E-state index contributed by atoms with van der Waals surface area (Å²) in [6.07, 6.45) is 1.74. The summed E-state index contributed by atoms with van der Waals surface area (Å²) < 4.78 is 0. The van der Waals surface area contributed by atoms with Crippen LogP contribution in [-0.4, -0.2) is 11.2 Å². The second kappa shape index (κ2) is 4.66. The Bertz CT molecular complexity index is 322. The van der Waals surface area contributed by atoms with E-state index in [1.165, 1.54) is 11.1 Å². The molecule has 1 nitrogen and oxygen atoms in total. The zero-order chi connectivity index (χ0) is 9.68. The zero-order valence-electron chi connectivity index (χ0n) is 7.83. The Morgan fingerprint density at radius 1 is 1.54 bits per heavy atom. The van der Waals surface area contributed by atoms with Gasteiger partial charge in [0, 0.05) is 6.42 Å². The molecule has 0 aromatic heterocycles. The lowest BCUT2D eigenvalue weighted by molar-refractivity contribution is 0.224. The summed E-state index contributed by atoms with van der Waals surface area (Å²) in [5, 5.41) is 9.47. The van der Waals surface area contributed by atoms with E-state index in [0.717, 1.165) is 0 Å². The number of aryl methyl sites for hydroxylation is 1. The van der Waals surface area contributed by atoms with Crippen LogP contribution in [-0.2, 0) is 6.42 Å². The van der Waals surface area contributed by atoms with Crippen LogP contribution in [0.25, 0.3) is 0 Å². The minimum Gasteiger partial charge on any atom is -0.388 e. The van der Waals surface area contributed by atoms with E-state index in [-0.39, 0.29) is 0 Å². The van der Waals surface area contributed by atoms with Crippen molar-refractivity contribution in [3.8, 4) is 0 Å². The summed E-state index contributed by atoms with van der Waals surface area (Å²) in [4.78, 5) is 0. The van der Waals surface area contributed by atoms with E-state index in [4.69, 9.17) is 0 Å². The lowest BCUT2D eigenvalue weighted by atomic mass is 10.0. The largest absolute Gasteiger partial charge is 0.388 e. The molecule has 0 radical (unpaired) electrons. The van der Waals surface area contributed by atoms with Gasteiger partial charge < -0.3 is 5.11 Å². The monoisotopic (exact) mass is 174 g/mol. The molecule has 1 rings (SSSR count). The predicted octanol–water partition coefficient (Wildman–Crippen LogP) is 2.24. The Labute approximate surface area is 79.0 Å². The van der Waals surface area contributed by atoms with E-state index < -0.39 is 6.10 Å². The smallest absolute Gasteiger partial charge is 0.0834 e. The highest BCUT2D eigenvalue weighted by Crippen LogP contribution is 2.09. The van der Waals surface area contributed by atoms with Crippen LogP contribution in [0.2, 0.25) is 0 Å². The fraction of sp³-hybridized carbons (Fsp3) is 0.250. The Balaban J connectivity index is 2.74. The average Bonchev–Trinajstić information content (AvgIpc) is 2.09. The molecule has 1 unspecified atom stereocenters. The van der Waals surface area contributed by atoms with Crippen molar-refractivity contribution in [2.45, 2.75) is 19.4 Å². The maximum atomic E-state index is 9.47. The van der Waals surface area contributed by atoms with Gasteiger partial charge in [-0.15, -0.1) is 5.73 Å². The molecule has 0 heterocycles. The maximum Gasteiger partial charge on any atom is 0.0834 e. The van der Waals surface area contributed by atoms with Crippen LogP contribution in [0.5, 0.6) is 0 Å². The average molecular weight is 174 g/mol. The highest BCUT2D eigenvalue weighted by molar-refractivity contribution is 5.26. The summed E-state index contributed by atoms with van der Waals surface area (Å²) >= 11 is 0. The molecule has 1 aromatic carbocycles. The van der Waals surface area contributed by atoms with Gasteiger partial charge in [-0.25, -0.2) is 0 Å². The molecule has 1 atom stereocenters. The van der Waals surface area contributed by atoms with Crippen LogP contribution in [0.1, 0.15) is 11.1 Å². The lowest BCUT2D eigenvalue weighted by Gasteiger charge is -2.07. The number of hydrogen-bond donors (Lipinski definition) is 1. The van der Waals surface area contributed by atoms with Crippen LogP contribution in [0.3, 0.4) is 0 Å². The van der Waals surface area contributed by atoms with Crippen LogP contribution < -0.4 is 0 Å². The van der Waals surface area contributed by atoms with Gasteiger partial charge in [0.15, 0.2) is 0 Å². The van der Waals surface area contributed by atoms with Gasteiger partial charge in [0.25, 0.3) is 0 Å². The quantitative estimate of drug-likeness (QED) is 0.697. The maximum absolute atomic E-state index is 9.47. The molecule has 1 heteroatoms. The third-order valence-electron chi connectivity index (χ3n) is 2.00. The van der Waals surface area contributed by atoms with E-state index in [0.29, 0.717) is 6.42 Å². The van der Waals surface area contributed by atoms with Crippen molar-refractivity contribution in [1.82, 2.24) is 0 Å². The molecular formula is C12H14O. The van der Waals surface area contributed by atoms with Crippen molar-refractivity contribution in [2.24, 2.45) is 0 Å². The highest BCUT2D eigenvalue weighted by atomic mass is 16.3. The molecule has 0 amide bonds. The number of benzene rings is 1. The molecule has 1 aromatic rings. The highest BCUT2D eigenvalue weighted by Gasteiger charge is 2.02. The first-order valence-electron chi connectivity index (χ1n) is 4.32. The number of rotatable bonds is 3. The normalized spacial score (nSPS) is 11.8. The summed E-state index contributed by atoms with van der Waals surface area (Å²) in [6, 6.07) is 8.04. The topological polar surface area (TPSA) is 20.2 Å². The first kappa shape index (κ1) is 9.79. The fourth-order valence-corrected chi connectivity index (χ4v) is 1.26. The number of aliphatic hydroxyl groups excluding tert-OH is 1. The molecule has 68 valence electrons. The summed E-state index contributed by atoms with van der Waals surface area (Å²) in [5.41, 5.74) is 4.96. The molecule has 0 saturated heterocycles. The van der Waals surface area contributed by atoms with Crippen molar-refractivity contribution in [2.75, 3.05) is 0 Å². The van der Waals surface area contributed by atoms with Crippen molar-refractivity contribution < 1.29 is 5.11 Å². The number of aliphatic hydroxyl groups is 1. The first-order chi connectivity index (χ1) is 6.24. The van der Waals surface area contributed by atoms with Gasteiger partial charge in [-0.3, -0.25) is 0 Å². The summed E-state index contributed by atoms with van der Waals surface area (Å²) in [6.45, 7) is 5.47. The van der Waals surface area contributed by atoms with Crippen LogP contribution in [0.4, 0.5) is 0 Å². The molecule has 0 aliphatic heterocycles. The second-order valence-electron chi connectivity index (χ2n) is 3.07. The van der Waals surface area contributed by atoms with Crippen LogP contribution in [0, 0.1) is 6.92 Å². The second-order valence-corrected chi connectivity index (χ2v) is 3.07. The summed E-state index contributed by atoms with van der Waals surface area (Å²) in [5.74, 6) is 0. The fourth-order valence-electron chi connectivity index (χ4n) is 1.26. The SMILES string of the molecule is C=C=CC(O)Cc1ccccc1C. The molecule has 1 N–H and O–H groups in total. The van der Waals surface area contributed by atoms with Gasteiger partial charge in [-0.1, -0.05) is 30.8 Å². The predicted molar refractivity (Wildman–Crippen MR) is 54.6 cm³/mol. The van der Waals surface area contributed by atoms with E-state index in [1.54, 1.807) is 6.08 Å². The van der Waals surface area contributed by atoms with Crippen molar-refractivity contribution in [3.63, 3.8) is 0 Å².